The van der Waals surface area contributed by atoms with Gasteiger partial charge in [-0.1, -0.05) is 19.0 Å². The van der Waals surface area contributed by atoms with Crippen molar-refractivity contribution in [2.24, 2.45) is 16.3 Å². The van der Waals surface area contributed by atoms with E-state index in [4.69, 9.17) is 10.9 Å². The molecule has 0 spiro atoms. The summed E-state index contributed by atoms with van der Waals surface area (Å²) >= 11 is 0. The lowest BCUT2D eigenvalue weighted by atomic mass is 9.79. The van der Waals surface area contributed by atoms with Crippen LogP contribution in [0.2, 0.25) is 0 Å². The summed E-state index contributed by atoms with van der Waals surface area (Å²) in [6, 6.07) is 3.75. The van der Waals surface area contributed by atoms with Crippen LogP contribution in [-0.4, -0.2) is 33.4 Å². The maximum atomic E-state index is 12.9. The SMILES string of the molecule is CCN(Cc1ccncc1)C(=O)C(CC)(CC)C(N)=NO. The smallest absolute Gasteiger partial charge is 0.236 e. The standard InChI is InChI=1S/C15H24N4O2/c1-4-15(5-2,13(16)18-21)14(20)19(6-3)11-12-7-9-17-10-8-12/h7-10,21H,4-6,11H2,1-3H3,(H2,16,18). The Morgan fingerprint density at radius 3 is 2.33 bits per heavy atom. The van der Waals surface area contributed by atoms with E-state index in [0.29, 0.717) is 25.9 Å². The third-order valence-electron chi connectivity index (χ3n) is 4.01. The maximum absolute atomic E-state index is 12.9. The summed E-state index contributed by atoms with van der Waals surface area (Å²) in [6.45, 7) is 6.71. The minimum Gasteiger partial charge on any atom is -0.409 e. The Bertz CT molecular complexity index is 484. The number of nitrogens with zero attached hydrogens (tertiary/aromatic N) is 3. The number of hydrogen-bond donors (Lipinski definition) is 2. The average Bonchev–Trinajstić information content (AvgIpc) is 2.54. The van der Waals surface area contributed by atoms with E-state index in [0.717, 1.165) is 5.56 Å². The number of pyridine rings is 1. The van der Waals surface area contributed by atoms with E-state index in [1.165, 1.54) is 0 Å². The zero-order valence-corrected chi connectivity index (χ0v) is 12.9. The monoisotopic (exact) mass is 292 g/mol. The van der Waals surface area contributed by atoms with Gasteiger partial charge in [0.05, 0.1) is 0 Å². The van der Waals surface area contributed by atoms with Crippen molar-refractivity contribution in [1.82, 2.24) is 9.88 Å². The molecular formula is C15H24N4O2. The molecule has 1 rings (SSSR count). The van der Waals surface area contributed by atoms with Gasteiger partial charge in [0, 0.05) is 25.5 Å². The lowest BCUT2D eigenvalue weighted by Crippen LogP contribution is -2.50. The fourth-order valence-corrected chi connectivity index (χ4v) is 2.46. The highest BCUT2D eigenvalue weighted by Gasteiger charge is 2.42. The molecule has 116 valence electrons. The second-order valence-electron chi connectivity index (χ2n) is 4.95. The van der Waals surface area contributed by atoms with E-state index < -0.39 is 5.41 Å². The molecule has 0 bridgehead atoms. The summed E-state index contributed by atoms with van der Waals surface area (Å²) in [6.07, 6.45) is 4.38. The Balaban J connectivity index is 3.05. The lowest BCUT2D eigenvalue weighted by Gasteiger charge is -2.34. The van der Waals surface area contributed by atoms with E-state index >= 15 is 0 Å². The predicted octanol–water partition coefficient (Wildman–Crippen LogP) is 1.98. The first kappa shape index (κ1) is 16.9. The molecule has 6 heteroatoms. The van der Waals surface area contributed by atoms with Crippen LogP contribution in [0.1, 0.15) is 39.2 Å². The van der Waals surface area contributed by atoms with Crippen LogP contribution in [0.15, 0.2) is 29.7 Å². The number of hydrogen-bond acceptors (Lipinski definition) is 4. The molecule has 1 aromatic heterocycles. The van der Waals surface area contributed by atoms with E-state index in [1.54, 1.807) is 17.3 Å². The van der Waals surface area contributed by atoms with Gasteiger partial charge in [0.15, 0.2) is 5.84 Å². The number of nitrogens with two attached hydrogens (primary N) is 1. The van der Waals surface area contributed by atoms with Gasteiger partial charge >= 0.3 is 0 Å². The number of carbonyl (C=O) groups excluding carboxylic acids is 1. The largest absolute Gasteiger partial charge is 0.409 e. The summed E-state index contributed by atoms with van der Waals surface area (Å²) < 4.78 is 0. The molecule has 3 N–H and O–H groups in total. The zero-order chi connectivity index (χ0) is 15.9. The van der Waals surface area contributed by atoms with Crippen molar-refractivity contribution in [2.45, 2.75) is 40.2 Å². The van der Waals surface area contributed by atoms with Crippen molar-refractivity contribution in [3.63, 3.8) is 0 Å². The van der Waals surface area contributed by atoms with Crippen LogP contribution in [0.3, 0.4) is 0 Å². The first-order valence-corrected chi connectivity index (χ1v) is 7.21. The number of amidine groups is 1. The first-order chi connectivity index (χ1) is 10.1. The van der Waals surface area contributed by atoms with Gasteiger partial charge in [-0.25, -0.2) is 0 Å². The molecule has 0 radical (unpaired) electrons. The van der Waals surface area contributed by atoms with Crippen LogP contribution in [0, 0.1) is 5.41 Å². The molecule has 0 aliphatic rings. The molecule has 0 unspecified atom stereocenters. The van der Waals surface area contributed by atoms with Gasteiger partial charge in [-0.3, -0.25) is 9.78 Å². The van der Waals surface area contributed by atoms with E-state index in [2.05, 4.69) is 10.1 Å². The molecule has 0 aliphatic carbocycles. The Morgan fingerprint density at radius 2 is 1.90 bits per heavy atom. The summed E-state index contributed by atoms with van der Waals surface area (Å²) in [5, 5.41) is 12.1. The van der Waals surface area contributed by atoms with Crippen molar-refractivity contribution in [3.8, 4) is 0 Å². The fraction of sp³-hybridized carbons (Fsp3) is 0.533. The van der Waals surface area contributed by atoms with Crippen LogP contribution in [0.5, 0.6) is 0 Å². The lowest BCUT2D eigenvalue weighted by molar-refractivity contribution is -0.139. The number of rotatable bonds is 7. The van der Waals surface area contributed by atoms with Crippen molar-refractivity contribution >= 4 is 11.7 Å². The topological polar surface area (TPSA) is 91.8 Å². The molecule has 0 saturated heterocycles. The summed E-state index contributed by atoms with van der Waals surface area (Å²) in [5.74, 6) is -0.132. The quantitative estimate of drug-likeness (QED) is 0.348. The van der Waals surface area contributed by atoms with E-state index in [-0.39, 0.29) is 11.7 Å². The molecule has 1 aromatic rings. The normalized spacial score (nSPS) is 12.2. The average molecular weight is 292 g/mol. The Labute approximate surface area is 125 Å². The van der Waals surface area contributed by atoms with Gasteiger partial charge in [0.2, 0.25) is 5.91 Å². The van der Waals surface area contributed by atoms with Crippen LogP contribution in [0.25, 0.3) is 0 Å². The molecule has 0 atom stereocenters. The van der Waals surface area contributed by atoms with E-state index in [9.17, 15) is 4.79 Å². The van der Waals surface area contributed by atoms with Crippen molar-refractivity contribution in [3.05, 3.63) is 30.1 Å². The highest BCUT2D eigenvalue weighted by atomic mass is 16.4. The molecule has 1 amide bonds. The van der Waals surface area contributed by atoms with Crippen molar-refractivity contribution in [1.29, 1.82) is 0 Å². The summed E-state index contributed by atoms with van der Waals surface area (Å²) in [7, 11) is 0. The van der Waals surface area contributed by atoms with Gasteiger partial charge in [-0.05, 0) is 37.5 Å². The first-order valence-electron chi connectivity index (χ1n) is 7.21. The molecule has 21 heavy (non-hydrogen) atoms. The molecule has 0 fully saturated rings. The third kappa shape index (κ3) is 3.51. The molecule has 1 heterocycles. The summed E-state index contributed by atoms with van der Waals surface area (Å²) in [4.78, 5) is 18.6. The molecular weight excluding hydrogens is 268 g/mol. The molecule has 6 nitrogen and oxygen atoms in total. The van der Waals surface area contributed by atoms with Crippen LogP contribution in [-0.2, 0) is 11.3 Å². The van der Waals surface area contributed by atoms with E-state index in [1.807, 2.05) is 32.9 Å². The second kappa shape index (κ2) is 7.61. The number of amides is 1. The number of aromatic nitrogens is 1. The third-order valence-corrected chi connectivity index (χ3v) is 4.01. The van der Waals surface area contributed by atoms with Crippen LogP contribution < -0.4 is 5.73 Å². The zero-order valence-electron chi connectivity index (χ0n) is 12.9. The predicted molar refractivity (Wildman–Crippen MR) is 81.8 cm³/mol. The van der Waals surface area contributed by atoms with Crippen molar-refractivity contribution < 1.29 is 10.0 Å². The fourth-order valence-electron chi connectivity index (χ4n) is 2.46. The number of carbonyl (C=O) groups is 1. The maximum Gasteiger partial charge on any atom is 0.236 e. The summed E-state index contributed by atoms with van der Waals surface area (Å²) in [5.41, 5.74) is 5.86. The van der Waals surface area contributed by atoms with Crippen LogP contribution in [0.4, 0.5) is 0 Å². The van der Waals surface area contributed by atoms with Gasteiger partial charge in [0.25, 0.3) is 0 Å². The highest BCUT2D eigenvalue weighted by Crippen LogP contribution is 2.30. The highest BCUT2D eigenvalue weighted by molar-refractivity contribution is 6.06. The second-order valence-corrected chi connectivity index (χ2v) is 4.95. The van der Waals surface area contributed by atoms with Gasteiger partial charge < -0.3 is 15.8 Å². The Kier molecular flexibility index (Phi) is 6.14. The minimum atomic E-state index is -0.947. The number of oxime groups is 1. The Morgan fingerprint density at radius 1 is 1.33 bits per heavy atom. The molecule has 0 saturated carbocycles. The molecule has 0 aliphatic heterocycles. The van der Waals surface area contributed by atoms with Gasteiger partial charge in [-0.2, -0.15) is 0 Å². The Hall–Kier alpha value is -2.11. The van der Waals surface area contributed by atoms with Crippen LogP contribution >= 0.6 is 0 Å². The van der Waals surface area contributed by atoms with Gasteiger partial charge in [-0.15, -0.1) is 0 Å². The van der Waals surface area contributed by atoms with Gasteiger partial charge in [0.1, 0.15) is 5.41 Å². The molecule has 0 aromatic carbocycles. The van der Waals surface area contributed by atoms with Crippen molar-refractivity contribution in [2.75, 3.05) is 6.54 Å². The minimum absolute atomic E-state index is 0.0225.